The fourth-order valence-electron chi connectivity index (χ4n) is 1.56. The first-order valence-corrected chi connectivity index (χ1v) is 6.80. The van der Waals surface area contributed by atoms with Gasteiger partial charge in [-0.25, -0.2) is 0 Å². The number of rotatable bonds is 7. The molecule has 16 heavy (non-hydrogen) atoms. The smallest absolute Gasteiger partial charge is 0.223 e. The van der Waals surface area contributed by atoms with Crippen molar-refractivity contribution in [2.75, 3.05) is 19.6 Å². The Hall–Kier alpha value is -0.870. The molecule has 3 nitrogen and oxygen atoms in total. The molecule has 0 atom stereocenters. The van der Waals surface area contributed by atoms with Crippen molar-refractivity contribution in [1.29, 1.82) is 0 Å². The van der Waals surface area contributed by atoms with Gasteiger partial charge in [0.05, 0.1) is 0 Å². The summed E-state index contributed by atoms with van der Waals surface area (Å²) < 4.78 is 0. The van der Waals surface area contributed by atoms with Crippen LogP contribution in [-0.4, -0.2) is 25.5 Å². The Kier molecular flexibility index (Phi) is 4.36. The third kappa shape index (κ3) is 3.94. The monoisotopic (exact) mass is 238 g/mol. The average Bonchev–Trinajstić information content (AvgIpc) is 3.02. The molecular formula is C12H18N2OS. The van der Waals surface area contributed by atoms with E-state index in [9.17, 15) is 4.79 Å². The van der Waals surface area contributed by atoms with Crippen LogP contribution in [0.25, 0.3) is 0 Å². The molecule has 0 spiro atoms. The van der Waals surface area contributed by atoms with E-state index in [1.54, 1.807) is 11.3 Å². The number of carbonyl (C=O) groups excluding carboxylic acids is 1. The van der Waals surface area contributed by atoms with Crippen LogP contribution >= 0.6 is 11.3 Å². The van der Waals surface area contributed by atoms with Gasteiger partial charge in [-0.1, -0.05) is 0 Å². The van der Waals surface area contributed by atoms with Gasteiger partial charge in [0.25, 0.3) is 0 Å². The summed E-state index contributed by atoms with van der Waals surface area (Å²) in [6.07, 6.45) is 3.23. The van der Waals surface area contributed by atoms with Crippen LogP contribution in [0.3, 0.4) is 0 Å². The SMILES string of the molecule is O=C(NCCNCCc1ccsc1)C1CC1. The van der Waals surface area contributed by atoms with Crippen LogP contribution in [0.5, 0.6) is 0 Å². The highest BCUT2D eigenvalue weighted by Gasteiger charge is 2.28. The summed E-state index contributed by atoms with van der Waals surface area (Å²) in [5.74, 6) is 0.561. The Morgan fingerprint density at radius 3 is 2.94 bits per heavy atom. The zero-order valence-electron chi connectivity index (χ0n) is 9.37. The minimum Gasteiger partial charge on any atom is -0.355 e. The summed E-state index contributed by atoms with van der Waals surface area (Å²) in [7, 11) is 0. The van der Waals surface area contributed by atoms with Gasteiger partial charge in [0, 0.05) is 19.0 Å². The highest BCUT2D eigenvalue weighted by Crippen LogP contribution is 2.28. The lowest BCUT2D eigenvalue weighted by molar-refractivity contribution is -0.122. The molecule has 0 aliphatic heterocycles. The van der Waals surface area contributed by atoms with Gasteiger partial charge in [-0.2, -0.15) is 11.3 Å². The van der Waals surface area contributed by atoms with E-state index in [-0.39, 0.29) is 5.91 Å². The highest BCUT2D eigenvalue weighted by molar-refractivity contribution is 7.07. The topological polar surface area (TPSA) is 41.1 Å². The van der Waals surface area contributed by atoms with Crippen LogP contribution in [0.15, 0.2) is 16.8 Å². The lowest BCUT2D eigenvalue weighted by atomic mass is 10.2. The van der Waals surface area contributed by atoms with Crippen LogP contribution < -0.4 is 10.6 Å². The first kappa shape index (κ1) is 11.6. The second-order valence-corrected chi connectivity index (χ2v) is 4.98. The minimum atomic E-state index is 0.236. The molecular weight excluding hydrogens is 220 g/mol. The summed E-state index contributed by atoms with van der Waals surface area (Å²) in [6.45, 7) is 2.59. The van der Waals surface area contributed by atoms with Crippen LogP contribution in [0.1, 0.15) is 18.4 Å². The molecule has 1 aromatic heterocycles. The highest BCUT2D eigenvalue weighted by atomic mass is 32.1. The maximum Gasteiger partial charge on any atom is 0.223 e. The summed E-state index contributed by atoms with van der Waals surface area (Å²) in [6, 6.07) is 2.15. The van der Waals surface area contributed by atoms with Gasteiger partial charge < -0.3 is 10.6 Å². The maximum atomic E-state index is 11.3. The quantitative estimate of drug-likeness (QED) is 0.705. The van der Waals surface area contributed by atoms with Crippen LogP contribution in [0, 0.1) is 5.92 Å². The zero-order valence-corrected chi connectivity index (χ0v) is 10.2. The summed E-state index contributed by atoms with van der Waals surface area (Å²) >= 11 is 1.74. The van der Waals surface area contributed by atoms with Crippen molar-refractivity contribution in [1.82, 2.24) is 10.6 Å². The third-order valence-corrected chi connectivity index (χ3v) is 3.45. The Morgan fingerprint density at radius 1 is 1.38 bits per heavy atom. The van der Waals surface area contributed by atoms with E-state index in [1.165, 1.54) is 5.56 Å². The molecule has 0 aromatic carbocycles. The van der Waals surface area contributed by atoms with E-state index in [0.29, 0.717) is 5.92 Å². The molecule has 0 radical (unpaired) electrons. The second-order valence-electron chi connectivity index (χ2n) is 4.20. The Balaban J connectivity index is 1.44. The number of nitrogens with one attached hydrogen (secondary N) is 2. The molecule has 0 bridgehead atoms. The van der Waals surface area contributed by atoms with E-state index in [4.69, 9.17) is 0 Å². The van der Waals surface area contributed by atoms with E-state index in [1.807, 2.05) is 0 Å². The van der Waals surface area contributed by atoms with Gasteiger partial charge in [0.1, 0.15) is 0 Å². The van der Waals surface area contributed by atoms with Crippen molar-refractivity contribution < 1.29 is 4.79 Å². The molecule has 88 valence electrons. The van der Waals surface area contributed by atoms with E-state index >= 15 is 0 Å². The molecule has 2 rings (SSSR count). The van der Waals surface area contributed by atoms with Crippen LogP contribution in [0.4, 0.5) is 0 Å². The maximum absolute atomic E-state index is 11.3. The molecule has 1 amide bonds. The van der Waals surface area contributed by atoms with E-state index in [2.05, 4.69) is 27.5 Å². The van der Waals surface area contributed by atoms with Gasteiger partial charge in [-0.3, -0.25) is 4.79 Å². The standard InChI is InChI=1S/C12H18N2OS/c15-12(11-1-2-11)14-7-6-13-5-3-10-4-8-16-9-10/h4,8-9,11,13H,1-3,5-7H2,(H,14,15). The lowest BCUT2D eigenvalue weighted by Crippen LogP contribution is -2.33. The molecule has 1 aliphatic carbocycles. The number of carbonyl (C=O) groups is 1. The number of amides is 1. The molecule has 0 unspecified atom stereocenters. The first-order valence-electron chi connectivity index (χ1n) is 5.86. The first-order chi connectivity index (χ1) is 7.86. The molecule has 1 saturated carbocycles. The third-order valence-electron chi connectivity index (χ3n) is 2.72. The Bertz CT molecular complexity index is 320. The number of hydrogen-bond donors (Lipinski definition) is 2. The van der Waals surface area contributed by atoms with Crippen molar-refractivity contribution in [3.63, 3.8) is 0 Å². The van der Waals surface area contributed by atoms with Crippen molar-refractivity contribution in [2.24, 2.45) is 5.92 Å². The second kappa shape index (κ2) is 6.01. The zero-order chi connectivity index (χ0) is 11.2. The largest absolute Gasteiger partial charge is 0.355 e. The number of hydrogen-bond acceptors (Lipinski definition) is 3. The summed E-state index contributed by atoms with van der Waals surface area (Å²) in [5.41, 5.74) is 1.39. The molecule has 0 saturated heterocycles. The van der Waals surface area contributed by atoms with E-state index in [0.717, 1.165) is 38.9 Å². The van der Waals surface area contributed by atoms with Crippen molar-refractivity contribution in [3.8, 4) is 0 Å². The van der Waals surface area contributed by atoms with Gasteiger partial charge in [-0.05, 0) is 48.2 Å². The predicted molar refractivity (Wildman–Crippen MR) is 66.6 cm³/mol. The minimum absolute atomic E-state index is 0.236. The molecule has 1 heterocycles. The van der Waals surface area contributed by atoms with Gasteiger partial charge in [0.2, 0.25) is 5.91 Å². The summed E-state index contributed by atoms with van der Waals surface area (Å²) in [5, 5.41) is 10.5. The van der Waals surface area contributed by atoms with Crippen molar-refractivity contribution in [2.45, 2.75) is 19.3 Å². The Labute approximate surface area is 100 Å². The molecule has 1 fully saturated rings. The Morgan fingerprint density at radius 2 is 2.25 bits per heavy atom. The van der Waals surface area contributed by atoms with Crippen LogP contribution in [0.2, 0.25) is 0 Å². The fraction of sp³-hybridized carbons (Fsp3) is 0.583. The van der Waals surface area contributed by atoms with Gasteiger partial charge >= 0.3 is 0 Å². The molecule has 2 N–H and O–H groups in total. The van der Waals surface area contributed by atoms with E-state index < -0.39 is 0 Å². The normalized spacial score (nSPS) is 15.0. The number of thiophene rings is 1. The molecule has 1 aromatic rings. The molecule has 4 heteroatoms. The summed E-state index contributed by atoms with van der Waals surface area (Å²) in [4.78, 5) is 11.3. The lowest BCUT2D eigenvalue weighted by Gasteiger charge is -2.05. The van der Waals surface area contributed by atoms with Gasteiger partial charge in [0.15, 0.2) is 0 Å². The molecule has 1 aliphatic rings. The predicted octanol–water partition coefficient (Wildman–Crippen LogP) is 1.41. The van der Waals surface area contributed by atoms with Crippen LogP contribution in [-0.2, 0) is 11.2 Å². The average molecular weight is 238 g/mol. The fourth-order valence-corrected chi connectivity index (χ4v) is 2.26. The van der Waals surface area contributed by atoms with Crippen molar-refractivity contribution >= 4 is 17.2 Å². The van der Waals surface area contributed by atoms with Crippen molar-refractivity contribution in [3.05, 3.63) is 22.4 Å². The van der Waals surface area contributed by atoms with Gasteiger partial charge in [-0.15, -0.1) is 0 Å².